The van der Waals surface area contributed by atoms with E-state index < -0.39 is 0 Å². The van der Waals surface area contributed by atoms with Gasteiger partial charge in [0.05, 0.1) is 11.5 Å². The number of hydrogen-bond donors (Lipinski definition) is 2. The number of nitrogens with zero attached hydrogens (tertiary/aromatic N) is 3. The van der Waals surface area contributed by atoms with Gasteiger partial charge in [-0.3, -0.25) is 15.0 Å². The molecule has 106 valence electrons. The van der Waals surface area contributed by atoms with E-state index in [0.717, 1.165) is 44.6 Å². The first-order chi connectivity index (χ1) is 9.10. The molecule has 5 nitrogen and oxygen atoms in total. The molecular formula is C14H25N5. The van der Waals surface area contributed by atoms with E-state index >= 15 is 0 Å². The molecule has 2 rings (SSSR count). The van der Waals surface area contributed by atoms with Gasteiger partial charge in [-0.1, -0.05) is 6.92 Å². The van der Waals surface area contributed by atoms with E-state index in [-0.39, 0.29) is 5.92 Å². The monoisotopic (exact) mass is 263 g/mol. The topological polar surface area (TPSA) is 70.9 Å². The number of likely N-dealkylation sites (tertiary alicyclic amines) is 1. The summed E-state index contributed by atoms with van der Waals surface area (Å²) in [5, 5.41) is 12.2. The van der Waals surface area contributed by atoms with E-state index in [1.807, 2.05) is 4.68 Å². The predicted octanol–water partition coefficient (Wildman–Crippen LogP) is 2.00. The van der Waals surface area contributed by atoms with Crippen LogP contribution >= 0.6 is 0 Å². The molecule has 5 heteroatoms. The fraction of sp³-hybridized carbons (Fsp3) is 0.714. The smallest absolute Gasteiger partial charge is 0.0949 e. The average Bonchev–Trinajstić information content (AvgIpc) is 2.86. The number of aromatic nitrogens is 2. The molecule has 0 radical (unpaired) electrons. The van der Waals surface area contributed by atoms with Crippen LogP contribution in [0.3, 0.4) is 0 Å². The van der Waals surface area contributed by atoms with Crippen LogP contribution in [-0.4, -0.2) is 33.6 Å². The molecule has 1 aromatic heterocycles. The van der Waals surface area contributed by atoms with E-state index in [1.165, 1.54) is 0 Å². The van der Waals surface area contributed by atoms with Crippen LogP contribution in [0.25, 0.3) is 0 Å². The molecule has 1 saturated heterocycles. The maximum Gasteiger partial charge on any atom is 0.0949 e. The molecule has 2 unspecified atom stereocenters. The Labute approximate surface area is 115 Å². The van der Waals surface area contributed by atoms with Gasteiger partial charge < -0.3 is 5.73 Å². The van der Waals surface area contributed by atoms with Crippen molar-refractivity contribution in [3.8, 4) is 0 Å². The summed E-state index contributed by atoms with van der Waals surface area (Å²) in [6.45, 7) is 7.20. The second kappa shape index (κ2) is 6.19. The second-order valence-corrected chi connectivity index (χ2v) is 5.57. The lowest BCUT2D eigenvalue weighted by Gasteiger charge is -2.31. The zero-order valence-electron chi connectivity index (χ0n) is 12.0. The minimum Gasteiger partial charge on any atom is -0.387 e. The summed E-state index contributed by atoms with van der Waals surface area (Å²) < 4.78 is 2.04. The fourth-order valence-electron chi connectivity index (χ4n) is 2.58. The number of piperidine rings is 1. The first-order valence-electron chi connectivity index (χ1n) is 7.20. The molecular weight excluding hydrogens is 238 g/mol. The minimum atomic E-state index is 0.227. The molecule has 0 saturated carbocycles. The number of nitrogens with two attached hydrogens (primary N) is 1. The van der Waals surface area contributed by atoms with Crippen LogP contribution in [-0.2, 0) is 6.54 Å². The molecule has 3 N–H and O–H groups in total. The lowest BCUT2D eigenvalue weighted by atomic mass is 9.97. The number of amidine groups is 1. The summed E-state index contributed by atoms with van der Waals surface area (Å²) in [4.78, 5) is 2.36. The first-order valence-corrected chi connectivity index (χ1v) is 7.20. The van der Waals surface area contributed by atoms with Crippen LogP contribution in [0.2, 0.25) is 0 Å². The van der Waals surface area contributed by atoms with E-state index in [0.29, 0.717) is 11.9 Å². The Morgan fingerprint density at radius 1 is 1.63 bits per heavy atom. The van der Waals surface area contributed by atoms with Gasteiger partial charge in [-0.25, -0.2) is 0 Å². The predicted molar refractivity (Wildman–Crippen MR) is 77.1 cm³/mol. The summed E-state index contributed by atoms with van der Waals surface area (Å²) in [6, 6.07) is 2.56. The minimum absolute atomic E-state index is 0.227. The Hall–Kier alpha value is -1.36. The van der Waals surface area contributed by atoms with E-state index in [2.05, 4.69) is 36.1 Å². The maximum absolute atomic E-state index is 7.58. The average molecular weight is 263 g/mol. The van der Waals surface area contributed by atoms with Gasteiger partial charge in [0.1, 0.15) is 0 Å². The molecule has 0 aliphatic carbocycles. The second-order valence-electron chi connectivity index (χ2n) is 5.57. The summed E-state index contributed by atoms with van der Waals surface area (Å²) in [5.74, 6) is 0.556. The maximum atomic E-state index is 7.58. The summed E-state index contributed by atoms with van der Waals surface area (Å²) in [6.07, 6.45) is 5.33. The Balaban J connectivity index is 1.93. The molecule has 2 atom stereocenters. The van der Waals surface area contributed by atoms with Crippen molar-refractivity contribution in [3.63, 3.8) is 0 Å². The van der Waals surface area contributed by atoms with Crippen molar-refractivity contribution in [2.75, 3.05) is 13.1 Å². The lowest BCUT2D eigenvalue weighted by Crippen LogP contribution is -2.40. The highest BCUT2D eigenvalue weighted by Gasteiger charge is 2.22. The van der Waals surface area contributed by atoms with Crippen molar-refractivity contribution in [2.24, 2.45) is 11.7 Å². The quantitative estimate of drug-likeness (QED) is 0.630. The molecule has 0 spiro atoms. The Bertz CT molecular complexity index is 425. The van der Waals surface area contributed by atoms with Crippen molar-refractivity contribution in [1.82, 2.24) is 14.7 Å². The Morgan fingerprint density at radius 2 is 2.42 bits per heavy atom. The van der Waals surface area contributed by atoms with Crippen LogP contribution in [0.1, 0.15) is 44.8 Å². The third-order valence-electron chi connectivity index (χ3n) is 4.04. The molecule has 1 fully saturated rings. The lowest BCUT2D eigenvalue weighted by molar-refractivity contribution is 0.193. The van der Waals surface area contributed by atoms with Gasteiger partial charge in [0.15, 0.2) is 0 Å². The summed E-state index contributed by atoms with van der Waals surface area (Å²) in [5.41, 5.74) is 6.74. The third kappa shape index (κ3) is 3.56. The van der Waals surface area contributed by atoms with Crippen LogP contribution in [0.5, 0.6) is 0 Å². The van der Waals surface area contributed by atoms with E-state index in [1.54, 1.807) is 0 Å². The van der Waals surface area contributed by atoms with Gasteiger partial charge in [-0.15, -0.1) is 0 Å². The molecule has 0 amide bonds. The van der Waals surface area contributed by atoms with Crippen LogP contribution in [0.4, 0.5) is 0 Å². The number of nitrogens with one attached hydrogen (secondary N) is 1. The van der Waals surface area contributed by atoms with Crippen molar-refractivity contribution < 1.29 is 0 Å². The summed E-state index contributed by atoms with van der Waals surface area (Å²) >= 11 is 0. The normalized spacial score (nSPS) is 22.3. The van der Waals surface area contributed by atoms with Crippen LogP contribution in [0, 0.1) is 11.3 Å². The zero-order valence-corrected chi connectivity index (χ0v) is 12.0. The van der Waals surface area contributed by atoms with Crippen LogP contribution < -0.4 is 5.73 Å². The van der Waals surface area contributed by atoms with Gasteiger partial charge in [0.2, 0.25) is 0 Å². The van der Waals surface area contributed by atoms with Gasteiger partial charge in [0.25, 0.3) is 0 Å². The van der Waals surface area contributed by atoms with Gasteiger partial charge >= 0.3 is 0 Å². The highest BCUT2D eigenvalue weighted by molar-refractivity contribution is 5.79. The largest absolute Gasteiger partial charge is 0.387 e. The van der Waals surface area contributed by atoms with Gasteiger partial charge in [-0.05, 0) is 38.8 Å². The summed E-state index contributed by atoms with van der Waals surface area (Å²) in [7, 11) is 0. The first kappa shape index (κ1) is 14.1. The fourth-order valence-corrected chi connectivity index (χ4v) is 2.58. The van der Waals surface area contributed by atoms with Crippen LogP contribution in [0.15, 0.2) is 12.3 Å². The molecule has 2 heterocycles. The van der Waals surface area contributed by atoms with Gasteiger partial charge in [-0.2, -0.15) is 5.10 Å². The standard InChI is InChI=1S/C14H25N5/c1-3-11(2)19-8-6-13(17-19)10-18-7-4-5-12(9-18)14(15)16/h6,8,11-12H,3-5,7,9-10H2,1-2H3,(H3,15,16). The molecule has 1 aliphatic heterocycles. The Kier molecular flexibility index (Phi) is 4.58. The van der Waals surface area contributed by atoms with Gasteiger partial charge in [0, 0.05) is 31.2 Å². The van der Waals surface area contributed by atoms with Crippen molar-refractivity contribution in [1.29, 1.82) is 5.41 Å². The number of hydrogen-bond acceptors (Lipinski definition) is 3. The molecule has 1 aromatic rings. The molecule has 0 bridgehead atoms. The SMILES string of the molecule is CCC(C)n1ccc(CN2CCCC(C(=N)N)C2)n1. The molecule has 1 aliphatic rings. The van der Waals surface area contributed by atoms with E-state index in [4.69, 9.17) is 11.1 Å². The van der Waals surface area contributed by atoms with E-state index in [9.17, 15) is 0 Å². The number of rotatable bonds is 5. The molecule has 19 heavy (non-hydrogen) atoms. The van der Waals surface area contributed by atoms with Crippen molar-refractivity contribution in [2.45, 2.75) is 45.7 Å². The highest BCUT2D eigenvalue weighted by atomic mass is 15.3. The van der Waals surface area contributed by atoms with Crippen molar-refractivity contribution >= 4 is 5.84 Å². The third-order valence-corrected chi connectivity index (χ3v) is 4.04. The Morgan fingerprint density at radius 3 is 3.11 bits per heavy atom. The van der Waals surface area contributed by atoms with Crippen molar-refractivity contribution in [3.05, 3.63) is 18.0 Å². The zero-order chi connectivity index (χ0) is 13.8. The molecule has 0 aromatic carbocycles. The highest BCUT2D eigenvalue weighted by Crippen LogP contribution is 2.18.